The normalized spacial score (nSPS) is 23.9. The van der Waals surface area contributed by atoms with Crippen molar-refractivity contribution in [3.63, 3.8) is 0 Å². The molecule has 1 aromatic rings. The Balaban J connectivity index is 2.09. The first-order valence-electron chi connectivity index (χ1n) is 5.24. The summed E-state index contributed by atoms with van der Waals surface area (Å²) in [5, 5.41) is 20.3. The van der Waals surface area contributed by atoms with E-state index < -0.39 is 11.7 Å². The van der Waals surface area contributed by atoms with Crippen molar-refractivity contribution in [2.75, 3.05) is 20.1 Å². The van der Waals surface area contributed by atoms with Crippen LogP contribution in [-0.4, -0.2) is 40.9 Å². The summed E-state index contributed by atoms with van der Waals surface area (Å²) >= 11 is 0. The second-order valence-electron chi connectivity index (χ2n) is 4.32. The molecule has 1 aliphatic heterocycles. The van der Waals surface area contributed by atoms with Gasteiger partial charge in [-0.3, -0.25) is 0 Å². The van der Waals surface area contributed by atoms with Gasteiger partial charge in [0.1, 0.15) is 17.5 Å². The van der Waals surface area contributed by atoms with Crippen LogP contribution in [-0.2, 0) is 0 Å². The lowest BCUT2D eigenvalue weighted by Gasteiger charge is -2.38. The Kier molecular flexibility index (Phi) is 2.82. The highest BCUT2D eigenvalue weighted by molar-refractivity contribution is 5.08. The number of furan rings is 1. The van der Waals surface area contributed by atoms with E-state index >= 15 is 0 Å². The molecule has 0 aliphatic carbocycles. The van der Waals surface area contributed by atoms with Gasteiger partial charge in [-0.1, -0.05) is 0 Å². The van der Waals surface area contributed by atoms with Crippen LogP contribution in [0.3, 0.4) is 0 Å². The molecular weight excluding hydrogens is 194 g/mol. The highest BCUT2D eigenvalue weighted by atomic mass is 16.4. The Morgan fingerprint density at radius 1 is 1.47 bits per heavy atom. The maximum atomic E-state index is 10.3. The molecule has 0 amide bonds. The third-order valence-corrected chi connectivity index (χ3v) is 3.17. The summed E-state index contributed by atoms with van der Waals surface area (Å²) < 4.78 is 5.12. The molecule has 1 unspecified atom stereocenters. The van der Waals surface area contributed by atoms with E-state index in [-0.39, 0.29) is 0 Å². The fraction of sp³-hybridized carbons (Fsp3) is 0.636. The van der Waals surface area contributed by atoms with E-state index in [1.807, 2.05) is 7.05 Å². The lowest BCUT2D eigenvalue weighted by Crippen LogP contribution is -2.46. The van der Waals surface area contributed by atoms with E-state index in [2.05, 4.69) is 4.90 Å². The van der Waals surface area contributed by atoms with Gasteiger partial charge < -0.3 is 19.5 Å². The molecule has 0 saturated carbocycles. The third kappa shape index (κ3) is 2.07. The van der Waals surface area contributed by atoms with Gasteiger partial charge in [-0.2, -0.15) is 0 Å². The second-order valence-corrected chi connectivity index (χ2v) is 4.32. The number of hydrogen-bond acceptors (Lipinski definition) is 4. The Morgan fingerprint density at radius 2 is 2.13 bits per heavy atom. The highest BCUT2D eigenvalue weighted by Crippen LogP contribution is 2.34. The molecule has 4 heteroatoms. The van der Waals surface area contributed by atoms with Crippen molar-refractivity contribution in [2.45, 2.75) is 24.5 Å². The van der Waals surface area contributed by atoms with Crippen molar-refractivity contribution < 1.29 is 14.6 Å². The Hall–Kier alpha value is -0.840. The maximum absolute atomic E-state index is 10.3. The molecular formula is C11H17NO3. The molecule has 0 spiro atoms. The summed E-state index contributed by atoms with van der Waals surface area (Å²) in [5.41, 5.74) is -1.04. The summed E-state index contributed by atoms with van der Waals surface area (Å²) in [6.45, 7) is 1.60. The fourth-order valence-corrected chi connectivity index (χ4v) is 1.99. The molecule has 4 nitrogen and oxygen atoms in total. The van der Waals surface area contributed by atoms with Gasteiger partial charge in [0.05, 0.1) is 6.26 Å². The van der Waals surface area contributed by atoms with Crippen LogP contribution in [0.4, 0.5) is 0 Å². The van der Waals surface area contributed by atoms with Crippen molar-refractivity contribution in [3.8, 4) is 0 Å². The van der Waals surface area contributed by atoms with Gasteiger partial charge >= 0.3 is 0 Å². The Bertz CT molecular complexity index is 302. The van der Waals surface area contributed by atoms with Gasteiger partial charge in [0, 0.05) is 13.1 Å². The molecule has 0 aromatic carbocycles. The van der Waals surface area contributed by atoms with Gasteiger partial charge in [0.2, 0.25) is 0 Å². The molecule has 2 rings (SSSR count). The molecule has 1 aliphatic rings. The van der Waals surface area contributed by atoms with Crippen LogP contribution in [0.15, 0.2) is 22.8 Å². The average molecular weight is 211 g/mol. The van der Waals surface area contributed by atoms with Crippen molar-refractivity contribution in [2.24, 2.45) is 0 Å². The largest absolute Gasteiger partial charge is 0.466 e. The molecule has 2 N–H and O–H groups in total. The minimum Gasteiger partial charge on any atom is -0.466 e. The first-order valence-corrected chi connectivity index (χ1v) is 5.24. The fourth-order valence-electron chi connectivity index (χ4n) is 1.99. The van der Waals surface area contributed by atoms with E-state index in [0.717, 1.165) is 13.1 Å². The van der Waals surface area contributed by atoms with E-state index in [0.29, 0.717) is 18.6 Å². The predicted octanol–water partition coefficient (Wildman–Crippen LogP) is 0.770. The zero-order valence-electron chi connectivity index (χ0n) is 8.89. The molecule has 1 aromatic heterocycles. The smallest absolute Gasteiger partial charge is 0.140 e. The van der Waals surface area contributed by atoms with Crippen molar-refractivity contribution in [3.05, 3.63) is 24.2 Å². The minimum atomic E-state index is -1.04. The molecule has 0 bridgehead atoms. The summed E-state index contributed by atoms with van der Waals surface area (Å²) in [5.74, 6) is 0.446. The molecule has 84 valence electrons. The SMILES string of the molecule is CN1CCC(O)(C(O)c2ccco2)CC1. The van der Waals surface area contributed by atoms with Gasteiger partial charge in [-0.05, 0) is 32.0 Å². The number of hydrogen-bond donors (Lipinski definition) is 2. The van der Waals surface area contributed by atoms with Gasteiger partial charge in [0.25, 0.3) is 0 Å². The summed E-state index contributed by atoms with van der Waals surface area (Å²) in [6.07, 6.45) is 1.74. The van der Waals surface area contributed by atoms with Crippen molar-refractivity contribution in [1.29, 1.82) is 0 Å². The van der Waals surface area contributed by atoms with Crippen LogP contribution >= 0.6 is 0 Å². The molecule has 0 radical (unpaired) electrons. The Labute approximate surface area is 89.1 Å². The summed E-state index contributed by atoms with van der Waals surface area (Å²) in [7, 11) is 2.01. The van der Waals surface area contributed by atoms with Gasteiger partial charge in [-0.25, -0.2) is 0 Å². The average Bonchev–Trinajstić information content (AvgIpc) is 2.75. The number of rotatable bonds is 2. The van der Waals surface area contributed by atoms with Crippen LogP contribution in [0, 0.1) is 0 Å². The molecule has 1 saturated heterocycles. The second kappa shape index (κ2) is 3.96. The predicted molar refractivity (Wildman–Crippen MR) is 55.3 cm³/mol. The lowest BCUT2D eigenvalue weighted by atomic mass is 9.85. The van der Waals surface area contributed by atoms with Crippen LogP contribution in [0.5, 0.6) is 0 Å². The monoisotopic (exact) mass is 211 g/mol. The zero-order valence-corrected chi connectivity index (χ0v) is 8.89. The first kappa shape index (κ1) is 10.7. The third-order valence-electron chi connectivity index (χ3n) is 3.17. The molecule has 1 atom stereocenters. The van der Waals surface area contributed by atoms with Crippen molar-refractivity contribution >= 4 is 0 Å². The molecule has 15 heavy (non-hydrogen) atoms. The number of nitrogens with zero attached hydrogens (tertiary/aromatic N) is 1. The maximum Gasteiger partial charge on any atom is 0.140 e. The summed E-state index contributed by atoms with van der Waals surface area (Å²) in [4.78, 5) is 2.14. The number of likely N-dealkylation sites (tertiary alicyclic amines) is 1. The Morgan fingerprint density at radius 3 is 2.67 bits per heavy atom. The number of piperidine rings is 1. The highest BCUT2D eigenvalue weighted by Gasteiger charge is 2.40. The number of aliphatic hydroxyl groups is 2. The topological polar surface area (TPSA) is 56.8 Å². The minimum absolute atomic E-state index is 0.446. The first-order chi connectivity index (χ1) is 7.12. The number of aliphatic hydroxyl groups excluding tert-OH is 1. The van der Waals surface area contributed by atoms with E-state index in [1.54, 1.807) is 12.1 Å². The zero-order chi connectivity index (χ0) is 10.9. The van der Waals surface area contributed by atoms with E-state index in [1.165, 1.54) is 6.26 Å². The van der Waals surface area contributed by atoms with Crippen LogP contribution in [0.2, 0.25) is 0 Å². The van der Waals surface area contributed by atoms with Crippen LogP contribution in [0.25, 0.3) is 0 Å². The standard InChI is InChI=1S/C11H17NO3/c1-12-6-4-11(14,5-7-12)10(13)9-3-2-8-15-9/h2-3,8,10,13-14H,4-7H2,1H3. The summed E-state index contributed by atoms with van der Waals surface area (Å²) in [6, 6.07) is 3.41. The van der Waals surface area contributed by atoms with Crippen molar-refractivity contribution in [1.82, 2.24) is 4.90 Å². The quantitative estimate of drug-likeness (QED) is 0.758. The van der Waals surface area contributed by atoms with E-state index in [9.17, 15) is 10.2 Å². The van der Waals surface area contributed by atoms with Gasteiger partial charge in [0.15, 0.2) is 0 Å². The lowest BCUT2D eigenvalue weighted by molar-refractivity contribution is -0.115. The van der Waals surface area contributed by atoms with Gasteiger partial charge in [-0.15, -0.1) is 0 Å². The molecule has 1 fully saturated rings. The van der Waals surface area contributed by atoms with E-state index in [4.69, 9.17) is 4.42 Å². The van der Waals surface area contributed by atoms with Crippen LogP contribution < -0.4 is 0 Å². The molecule has 2 heterocycles. The van der Waals surface area contributed by atoms with Crippen LogP contribution in [0.1, 0.15) is 24.7 Å².